The van der Waals surface area contributed by atoms with Crippen LogP contribution in [0.5, 0.6) is 0 Å². The Balaban J connectivity index is 2.46. The molecule has 6 nitrogen and oxygen atoms in total. The molecule has 0 heterocycles. The van der Waals surface area contributed by atoms with Crippen LogP contribution in [0.1, 0.15) is 25.7 Å². The van der Waals surface area contributed by atoms with Crippen LogP contribution < -0.4 is 4.72 Å². The second-order valence-electron chi connectivity index (χ2n) is 4.76. The SMILES string of the molecule is CN(C)C1(CNS(=O)(=O)CCC(=O)O)CCC1. The fraction of sp³-hybridized carbons (Fsp3) is 0.900. The number of rotatable bonds is 7. The standard InChI is InChI=1S/C10H20N2O4S/c1-12(2)10(5-3-6-10)8-11-17(15,16)7-4-9(13)14/h11H,3-8H2,1-2H3,(H,13,14). The molecule has 1 aliphatic carbocycles. The van der Waals surface area contributed by atoms with Crippen LogP contribution in [-0.4, -0.2) is 56.3 Å². The molecule has 0 unspecified atom stereocenters. The molecular formula is C10H20N2O4S. The molecule has 0 spiro atoms. The smallest absolute Gasteiger partial charge is 0.304 e. The van der Waals surface area contributed by atoms with E-state index < -0.39 is 16.0 Å². The highest BCUT2D eigenvalue weighted by atomic mass is 32.2. The van der Waals surface area contributed by atoms with Crippen molar-refractivity contribution in [3.05, 3.63) is 0 Å². The number of sulfonamides is 1. The minimum atomic E-state index is -3.48. The number of hydrogen-bond donors (Lipinski definition) is 2. The maximum absolute atomic E-state index is 11.6. The Labute approximate surface area is 102 Å². The summed E-state index contributed by atoms with van der Waals surface area (Å²) in [6.45, 7) is 0.363. The molecule has 0 aromatic carbocycles. The van der Waals surface area contributed by atoms with Gasteiger partial charge in [0, 0.05) is 12.1 Å². The zero-order chi connectivity index (χ0) is 13.1. The van der Waals surface area contributed by atoms with Crippen LogP contribution in [-0.2, 0) is 14.8 Å². The van der Waals surface area contributed by atoms with Crippen LogP contribution in [0.2, 0.25) is 0 Å². The summed E-state index contributed by atoms with van der Waals surface area (Å²) in [6, 6.07) is 0. The number of hydrogen-bond acceptors (Lipinski definition) is 4. The lowest BCUT2D eigenvalue weighted by molar-refractivity contribution is -0.136. The molecule has 1 aliphatic rings. The minimum absolute atomic E-state index is 0.0870. The van der Waals surface area contributed by atoms with E-state index in [2.05, 4.69) is 4.72 Å². The van der Waals surface area contributed by atoms with Gasteiger partial charge in [0.2, 0.25) is 10.0 Å². The molecule has 1 saturated carbocycles. The van der Waals surface area contributed by atoms with Gasteiger partial charge in [-0.1, -0.05) is 0 Å². The monoisotopic (exact) mass is 264 g/mol. The number of carboxylic acids is 1. The number of carbonyl (C=O) groups is 1. The average Bonchev–Trinajstić information content (AvgIpc) is 2.12. The maximum atomic E-state index is 11.6. The quantitative estimate of drug-likeness (QED) is 0.668. The summed E-state index contributed by atoms with van der Waals surface area (Å²) in [4.78, 5) is 12.4. The summed E-state index contributed by atoms with van der Waals surface area (Å²) < 4.78 is 25.6. The van der Waals surface area contributed by atoms with Crippen LogP contribution in [0.15, 0.2) is 0 Å². The molecule has 2 N–H and O–H groups in total. The lowest BCUT2D eigenvalue weighted by atomic mass is 9.76. The summed E-state index contributed by atoms with van der Waals surface area (Å²) in [5.74, 6) is -1.45. The summed E-state index contributed by atoms with van der Waals surface area (Å²) >= 11 is 0. The first-order valence-electron chi connectivity index (χ1n) is 5.64. The molecule has 0 amide bonds. The lowest BCUT2D eigenvalue weighted by Gasteiger charge is -2.47. The Hall–Kier alpha value is -0.660. The van der Waals surface area contributed by atoms with E-state index in [9.17, 15) is 13.2 Å². The summed E-state index contributed by atoms with van der Waals surface area (Å²) in [5.41, 5.74) is -0.0870. The van der Waals surface area contributed by atoms with Crippen molar-refractivity contribution in [2.45, 2.75) is 31.2 Å². The van der Waals surface area contributed by atoms with Gasteiger partial charge in [0.05, 0.1) is 12.2 Å². The highest BCUT2D eigenvalue weighted by Crippen LogP contribution is 2.35. The van der Waals surface area contributed by atoms with Gasteiger partial charge in [-0.3, -0.25) is 4.79 Å². The van der Waals surface area contributed by atoms with E-state index in [0.29, 0.717) is 6.54 Å². The molecule has 0 aliphatic heterocycles. The van der Waals surface area contributed by atoms with E-state index >= 15 is 0 Å². The third kappa shape index (κ3) is 3.93. The molecule has 0 bridgehead atoms. The first-order valence-corrected chi connectivity index (χ1v) is 7.29. The molecule has 7 heteroatoms. The predicted molar refractivity (Wildman–Crippen MR) is 64.3 cm³/mol. The molecule has 17 heavy (non-hydrogen) atoms. The van der Waals surface area contributed by atoms with Crippen molar-refractivity contribution < 1.29 is 18.3 Å². The third-order valence-corrected chi connectivity index (χ3v) is 4.76. The van der Waals surface area contributed by atoms with E-state index in [1.54, 1.807) is 0 Å². The second-order valence-corrected chi connectivity index (χ2v) is 6.68. The zero-order valence-corrected chi connectivity index (χ0v) is 11.1. The Kier molecular flexibility index (Phi) is 4.51. The van der Waals surface area contributed by atoms with E-state index in [0.717, 1.165) is 19.3 Å². The zero-order valence-electron chi connectivity index (χ0n) is 10.3. The van der Waals surface area contributed by atoms with Crippen LogP contribution in [0, 0.1) is 0 Å². The first-order chi connectivity index (χ1) is 7.77. The Morgan fingerprint density at radius 1 is 1.41 bits per heavy atom. The normalized spacial score (nSPS) is 19.0. The van der Waals surface area contributed by atoms with E-state index in [-0.39, 0.29) is 17.7 Å². The number of likely N-dealkylation sites (N-methyl/N-ethyl adjacent to an activating group) is 1. The van der Waals surface area contributed by atoms with Gasteiger partial charge in [0.25, 0.3) is 0 Å². The van der Waals surface area contributed by atoms with Gasteiger partial charge in [-0.15, -0.1) is 0 Å². The number of carboxylic acid groups (broad SMARTS) is 1. The highest BCUT2D eigenvalue weighted by molar-refractivity contribution is 7.89. The van der Waals surface area contributed by atoms with Crippen molar-refractivity contribution in [3.63, 3.8) is 0 Å². The van der Waals surface area contributed by atoms with Gasteiger partial charge in [0.15, 0.2) is 0 Å². The summed E-state index contributed by atoms with van der Waals surface area (Å²) in [7, 11) is 0.393. The maximum Gasteiger partial charge on any atom is 0.304 e. The topological polar surface area (TPSA) is 86.7 Å². The van der Waals surface area contributed by atoms with Gasteiger partial charge in [-0.2, -0.15) is 0 Å². The lowest BCUT2D eigenvalue weighted by Crippen LogP contribution is -2.57. The molecular weight excluding hydrogens is 244 g/mol. The van der Waals surface area contributed by atoms with Gasteiger partial charge < -0.3 is 10.0 Å². The van der Waals surface area contributed by atoms with Crippen molar-refractivity contribution in [1.82, 2.24) is 9.62 Å². The molecule has 1 rings (SSSR count). The van der Waals surface area contributed by atoms with Crippen molar-refractivity contribution in [2.75, 3.05) is 26.4 Å². The van der Waals surface area contributed by atoms with Gasteiger partial charge in [-0.25, -0.2) is 13.1 Å². The van der Waals surface area contributed by atoms with Crippen LogP contribution in [0.4, 0.5) is 0 Å². The summed E-state index contributed by atoms with van der Waals surface area (Å²) in [6.07, 6.45) is 2.70. The molecule has 0 atom stereocenters. The largest absolute Gasteiger partial charge is 0.481 e. The molecule has 1 fully saturated rings. The Morgan fingerprint density at radius 3 is 2.35 bits per heavy atom. The minimum Gasteiger partial charge on any atom is -0.481 e. The van der Waals surface area contributed by atoms with E-state index in [1.165, 1.54) is 0 Å². The van der Waals surface area contributed by atoms with Crippen molar-refractivity contribution >= 4 is 16.0 Å². The highest BCUT2D eigenvalue weighted by Gasteiger charge is 2.39. The number of aliphatic carboxylic acids is 1. The molecule has 0 aromatic rings. The predicted octanol–water partition coefficient (Wildman–Crippen LogP) is -0.135. The molecule has 0 saturated heterocycles. The second kappa shape index (κ2) is 5.32. The summed E-state index contributed by atoms with van der Waals surface area (Å²) in [5, 5.41) is 8.45. The fourth-order valence-electron chi connectivity index (χ4n) is 1.91. The average molecular weight is 264 g/mol. The first kappa shape index (κ1) is 14.4. The van der Waals surface area contributed by atoms with Gasteiger partial charge in [0.1, 0.15) is 0 Å². The van der Waals surface area contributed by atoms with Crippen LogP contribution in [0.25, 0.3) is 0 Å². The number of nitrogens with zero attached hydrogens (tertiary/aromatic N) is 1. The molecule has 0 radical (unpaired) electrons. The van der Waals surface area contributed by atoms with Crippen molar-refractivity contribution in [1.29, 1.82) is 0 Å². The van der Waals surface area contributed by atoms with Crippen LogP contribution >= 0.6 is 0 Å². The Bertz CT molecular complexity index is 374. The molecule has 100 valence electrons. The third-order valence-electron chi connectivity index (χ3n) is 3.44. The van der Waals surface area contributed by atoms with E-state index in [1.807, 2.05) is 19.0 Å². The fourth-order valence-corrected chi connectivity index (χ4v) is 2.98. The van der Waals surface area contributed by atoms with Crippen molar-refractivity contribution in [2.24, 2.45) is 0 Å². The van der Waals surface area contributed by atoms with Crippen LogP contribution in [0.3, 0.4) is 0 Å². The molecule has 0 aromatic heterocycles. The number of nitrogens with one attached hydrogen (secondary N) is 1. The Morgan fingerprint density at radius 2 is 2.00 bits per heavy atom. The van der Waals surface area contributed by atoms with E-state index in [4.69, 9.17) is 5.11 Å². The van der Waals surface area contributed by atoms with Gasteiger partial charge in [-0.05, 0) is 33.4 Å². The van der Waals surface area contributed by atoms with Crippen molar-refractivity contribution in [3.8, 4) is 0 Å². The van der Waals surface area contributed by atoms with Gasteiger partial charge >= 0.3 is 5.97 Å².